The first-order chi connectivity index (χ1) is 13.6. The highest BCUT2D eigenvalue weighted by molar-refractivity contribution is 5.78. The minimum absolute atomic E-state index is 0.0567. The summed E-state index contributed by atoms with van der Waals surface area (Å²) < 4.78 is 15.0. The zero-order chi connectivity index (χ0) is 19.5. The van der Waals surface area contributed by atoms with Crippen LogP contribution >= 0.6 is 0 Å². The van der Waals surface area contributed by atoms with Crippen molar-refractivity contribution in [2.75, 3.05) is 6.54 Å². The number of benzene rings is 1. The Balaban J connectivity index is 1.29. The highest BCUT2D eigenvalue weighted by Crippen LogP contribution is 2.36. The number of rotatable bonds is 5. The van der Waals surface area contributed by atoms with Crippen molar-refractivity contribution in [2.24, 2.45) is 13.0 Å². The molecule has 0 atom stereocenters. The molecule has 3 aromatic rings. The summed E-state index contributed by atoms with van der Waals surface area (Å²) in [5.74, 6) is 0.488. The first-order valence-electron chi connectivity index (χ1n) is 9.75. The second-order valence-electron chi connectivity index (χ2n) is 7.57. The van der Waals surface area contributed by atoms with Crippen molar-refractivity contribution in [1.29, 1.82) is 0 Å². The maximum Gasteiger partial charge on any atom is 0.224 e. The predicted molar refractivity (Wildman–Crippen MR) is 104 cm³/mol. The molecule has 1 aliphatic rings. The van der Waals surface area contributed by atoms with Crippen LogP contribution in [0, 0.1) is 11.7 Å². The van der Waals surface area contributed by atoms with Crippen LogP contribution < -0.4 is 5.32 Å². The molecule has 1 amide bonds. The number of aryl methyl sites for hydroxylation is 1. The summed E-state index contributed by atoms with van der Waals surface area (Å²) in [7, 11) is 1.90. The van der Waals surface area contributed by atoms with Gasteiger partial charge < -0.3 is 5.32 Å². The van der Waals surface area contributed by atoms with Gasteiger partial charge in [0.05, 0.1) is 12.1 Å². The molecular formula is C21H24FN5O. The highest BCUT2D eigenvalue weighted by atomic mass is 19.1. The van der Waals surface area contributed by atoms with Crippen LogP contribution in [-0.2, 0) is 18.3 Å². The van der Waals surface area contributed by atoms with Crippen molar-refractivity contribution < 1.29 is 9.18 Å². The fraction of sp³-hybridized carbons (Fsp3) is 0.429. The van der Waals surface area contributed by atoms with Crippen molar-refractivity contribution in [3.8, 4) is 0 Å². The standard InChI is InChI=1S/C21H24FN5O/c1-27-21-20(23-9-10-24-21)19(26-27)16-7-5-14(6-8-16)13-25-18(28)12-15-3-2-4-17(22)11-15/h2-4,9-11,14,16H,5-8,12-13H2,1H3,(H,25,28). The normalized spacial score (nSPS) is 19.6. The molecule has 0 aliphatic heterocycles. The molecule has 28 heavy (non-hydrogen) atoms. The first kappa shape index (κ1) is 18.5. The summed E-state index contributed by atoms with van der Waals surface area (Å²) >= 11 is 0. The van der Waals surface area contributed by atoms with Crippen LogP contribution in [-0.4, -0.2) is 32.2 Å². The monoisotopic (exact) mass is 381 g/mol. The molecule has 7 heteroatoms. The Morgan fingerprint density at radius 1 is 1.21 bits per heavy atom. The van der Waals surface area contributed by atoms with Crippen LogP contribution in [0.4, 0.5) is 4.39 Å². The van der Waals surface area contributed by atoms with Gasteiger partial charge in [-0.2, -0.15) is 5.10 Å². The fourth-order valence-corrected chi connectivity index (χ4v) is 4.07. The average Bonchev–Trinajstić information content (AvgIpc) is 3.04. The summed E-state index contributed by atoms with van der Waals surface area (Å²) in [6.07, 6.45) is 7.78. The van der Waals surface area contributed by atoms with Crippen LogP contribution in [0.3, 0.4) is 0 Å². The third kappa shape index (κ3) is 4.03. The molecule has 6 nitrogen and oxygen atoms in total. The number of nitrogens with one attached hydrogen (secondary N) is 1. The molecule has 2 heterocycles. The number of carbonyl (C=O) groups excluding carboxylic acids is 1. The molecule has 1 fully saturated rings. The van der Waals surface area contributed by atoms with E-state index < -0.39 is 0 Å². The predicted octanol–water partition coefficient (Wildman–Crippen LogP) is 3.14. The largest absolute Gasteiger partial charge is 0.356 e. The topological polar surface area (TPSA) is 72.7 Å². The third-order valence-electron chi connectivity index (χ3n) is 5.56. The molecule has 1 aromatic carbocycles. The summed E-state index contributed by atoms with van der Waals surface area (Å²) in [4.78, 5) is 21.0. The minimum atomic E-state index is -0.310. The number of aromatic nitrogens is 4. The highest BCUT2D eigenvalue weighted by Gasteiger charge is 2.27. The average molecular weight is 381 g/mol. The lowest BCUT2D eigenvalue weighted by Gasteiger charge is -2.27. The van der Waals surface area contributed by atoms with E-state index in [1.807, 2.05) is 7.05 Å². The van der Waals surface area contributed by atoms with E-state index in [0.717, 1.165) is 42.5 Å². The lowest BCUT2D eigenvalue weighted by Crippen LogP contribution is -2.32. The Kier molecular flexibility index (Phi) is 5.32. The first-order valence-corrected chi connectivity index (χ1v) is 9.75. The van der Waals surface area contributed by atoms with Crippen LogP contribution in [0.15, 0.2) is 36.7 Å². The Bertz CT molecular complexity index is 978. The number of nitrogens with zero attached hydrogens (tertiary/aromatic N) is 4. The number of halogens is 1. The van der Waals surface area contributed by atoms with Crippen molar-refractivity contribution >= 4 is 17.1 Å². The summed E-state index contributed by atoms with van der Waals surface area (Å²) in [6.45, 7) is 0.670. The molecular weight excluding hydrogens is 357 g/mol. The lowest BCUT2D eigenvalue weighted by molar-refractivity contribution is -0.120. The van der Waals surface area contributed by atoms with Crippen molar-refractivity contribution in [3.05, 3.63) is 53.7 Å². The number of fused-ring (bicyclic) bond motifs is 1. The quantitative estimate of drug-likeness (QED) is 0.737. The van der Waals surface area contributed by atoms with Gasteiger partial charge in [0, 0.05) is 31.9 Å². The zero-order valence-electron chi connectivity index (χ0n) is 15.9. The fourth-order valence-electron chi connectivity index (χ4n) is 4.07. The van der Waals surface area contributed by atoms with Crippen molar-refractivity contribution in [1.82, 2.24) is 25.1 Å². The van der Waals surface area contributed by atoms with E-state index in [2.05, 4.69) is 20.4 Å². The third-order valence-corrected chi connectivity index (χ3v) is 5.56. The van der Waals surface area contributed by atoms with E-state index in [9.17, 15) is 9.18 Å². The van der Waals surface area contributed by atoms with E-state index >= 15 is 0 Å². The lowest BCUT2D eigenvalue weighted by atomic mass is 9.80. The van der Waals surface area contributed by atoms with Crippen LogP contribution in [0.25, 0.3) is 11.2 Å². The van der Waals surface area contributed by atoms with Gasteiger partial charge in [0.1, 0.15) is 11.3 Å². The van der Waals surface area contributed by atoms with E-state index in [1.54, 1.807) is 29.2 Å². The van der Waals surface area contributed by atoms with Crippen LogP contribution in [0.2, 0.25) is 0 Å². The van der Waals surface area contributed by atoms with Gasteiger partial charge in [-0.05, 0) is 49.3 Å². The van der Waals surface area contributed by atoms with E-state index in [1.165, 1.54) is 12.1 Å². The molecule has 0 spiro atoms. The summed E-state index contributed by atoms with van der Waals surface area (Å²) in [6, 6.07) is 6.19. The second kappa shape index (κ2) is 8.04. The summed E-state index contributed by atoms with van der Waals surface area (Å²) in [5.41, 5.74) is 3.46. The minimum Gasteiger partial charge on any atom is -0.356 e. The molecule has 4 rings (SSSR count). The van der Waals surface area contributed by atoms with Gasteiger partial charge in [0.25, 0.3) is 0 Å². The summed E-state index contributed by atoms with van der Waals surface area (Å²) in [5, 5.41) is 7.66. The molecule has 146 valence electrons. The number of carbonyl (C=O) groups is 1. The van der Waals surface area contributed by atoms with Gasteiger partial charge in [-0.3, -0.25) is 4.79 Å². The molecule has 0 unspecified atom stereocenters. The van der Waals surface area contributed by atoms with Crippen molar-refractivity contribution in [3.63, 3.8) is 0 Å². The molecule has 1 N–H and O–H groups in total. The molecule has 0 bridgehead atoms. The number of hydrogen-bond donors (Lipinski definition) is 1. The van der Waals surface area contributed by atoms with E-state index in [-0.39, 0.29) is 18.1 Å². The van der Waals surface area contributed by atoms with Gasteiger partial charge in [0.15, 0.2) is 5.65 Å². The number of hydrogen-bond acceptors (Lipinski definition) is 4. The molecule has 0 saturated heterocycles. The Labute approximate surface area is 163 Å². The van der Waals surface area contributed by atoms with Gasteiger partial charge in [-0.15, -0.1) is 0 Å². The van der Waals surface area contributed by atoms with E-state index in [4.69, 9.17) is 0 Å². The van der Waals surface area contributed by atoms with Crippen molar-refractivity contribution in [2.45, 2.75) is 38.0 Å². The van der Waals surface area contributed by atoms with E-state index in [0.29, 0.717) is 23.9 Å². The van der Waals surface area contributed by atoms with Crippen LogP contribution in [0.5, 0.6) is 0 Å². The molecule has 1 saturated carbocycles. The maximum atomic E-state index is 13.2. The van der Waals surface area contributed by atoms with Gasteiger partial charge in [0.2, 0.25) is 5.91 Å². The second-order valence-corrected chi connectivity index (χ2v) is 7.57. The van der Waals surface area contributed by atoms with Gasteiger partial charge >= 0.3 is 0 Å². The molecule has 0 radical (unpaired) electrons. The maximum absolute atomic E-state index is 13.2. The SMILES string of the molecule is Cn1nc(C2CCC(CNC(=O)Cc3cccc(F)c3)CC2)c2nccnc21. The van der Waals surface area contributed by atoms with Gasteiger partial charge in [-0.25, -0.2) is 19.0 Å². The number of amides is 1. The Morgan fingerprint density at radius 3 is 2.79 bits per heavy atom. The Morgan fingerprint density at radius 2 is 2.00 bits per heavy atom. The van der Waals surface area contributed by atoms with Crippen LogP contribution in [0.1, 0.15) is 42.9 Å². The molecule has 2 aromatic heterocycles. The molecule has 1 aliphatic carbocycles. The van der Waals surface area contributed by atoms with Gasteiger partial charge in [-0.1, -0.05) is 12.1 Å². The smallest absolute Gasteiger partial charge is 0.224 e. The Hall–Kier alpha value is -2.83. The zero-order valence-corrected chi connectivity index (χ0v) is 15.9.